The van der Waals surface area contributed by atoms with Crippen molar-refractivity contribution in [2.75, 3.05) is 12.4 Å². The number of rotatable bonds is 6. The lowest BCUT2D eigenvalue weighted by Gasteiger charge is -2.22. The Morgan fingerprint density at radius 3 is 2.59 bits per heavy atom. The van der Waals surface area contributed by atoms with Crippen LogP contribution in [0.25, 0.3) is 11.2 Å². The molecule has 1 aliphatic rings. The Labute approximate surface area is 159 Å². The van der Waals surface area contributed by atoms with Crippen LogP contribution < -0.4 is 5.32 Å². The molecule has 1 aliphatic carbocycles. The van der Waals surface area contributed by atoms with Crippen molar-refractivity contribution in [2.24, 2.45) is 0 Å². The highest BCUT2D eigenvalue weighted by Gasteiger charge is 2.28. The van der Waals surface area contributed by atoms with E-state index >= 15 is 0 Å². The second-order valence-corrected chi connectivity index (χ2v) is 8.65. The van der Waals surface area contributed by atoms with E-state index in [0.717, 1.165) is 25.0 Å². The Balaban J connectivity index is 1.90. The number of hydrogen-bond donors (Lipinski definition) is 1. The molecule has 1 amide bonds. The van der Waals surface area contributed by atoms with E-state index in [2.05, 4.69) is 15.4 Å². The Kier molecular flexibility index (Phi) is 5.12. The van der Waals surface area contributed by atoms with Crippen molar-refractivity contribution < 1.29 is 14.3 Å². The average Bonchev–Trinajstić information content (AvgIpc) is 3.36. The smallest absolute Gasteiger partial charge is 0.413 e. The third-order valence-corrected chi connectivity index (χ3v) is 4.56. The summed E-state index contributed by atoms with van der Waals surface area (Å²) in [6.45, 7) is 10.1. The molecular weight excluding hydrogens is 346 g/mol. The van der Waals surface area contributed by atoms with Gasteiger partial charge in [0.2, 0.25) is 0 Å². The van der Waals surface area contributed by atoms with Gasteiger partial charge in [-0.05, 0) is 53.9 Å². The van der Waals surface area contributed by atoms with E-state index < -0.39 is 11.7 Å². The molecular formula is C19H29N5O3. The third-order valence-electron chi connectivity index (χ3n) is 4.56. The van der Waals surface area contributed by atoms with Crippen LogP contribution in [0, 0.1) is 0 Å². The number of ether oxygens (including phenoxy) is 2. The number of aryl methyl sites for hydroxylation is 1. The summed E-state index contributed by atoms with van der Waals surface area (Å²) in [7, 11) is 1.70. The van der Waals surface area contributed by atoms with Crippen LogP contribution >= 0.6 is 0 Å². The van der Waals surface area contributed by atoms with Crippen LogP contribution in [0.4, 0.5) is 10.6 Å². The third kappa shape index (κ3) is 4.94. The number of amides is 1. The minimum atomic E-state index is -0.588. The number of anilines is 1. The van der Waals surface area contributed by atoms with E-state index in [4.69, 9.17) is 14.5 Å². The van der Waals surface area contributed by atoms with Gasteiger partial charge in [0.1, 0.15) is 5.60 Å². The molecule has 2 heterocycles. The van der Waals surface area contributed by atoms with E-state index in [0.29, 0.717) is 29.4 Å². The summed E-state index contributed by atoms with van der Waals surface area (Å²) < 4.78 is 12.6. The van der Waals surface area contributed by atoms with Crippen molar-refractivity contribution in [3.8, 4) is 0 Å². The van der Waals surface area contributed by atoms with Gasteiger partial charge in [-0.15, -0.1) is 0 Å². The summed E-state index contributed by atoms with van der Waals surface area (Å²) in [6.07, 6.45) is 4.27. The van der Waals surface area contributed by atoms with Gasteiger partial charge in [0, 0.05) is 25.8 Å². The van der Waals surface area contributed by atoms with Gasteiger partial charge in [-0.25, -0.2) is 19.4 Å². The lowest BCUT2D eigenvalue weighted by atomic mass is 10.1. The number of nitrogens with zero attached hydrogens (tertiary/aromatic N) is 4. The first-order chi connectivity index (χ1) is 12.6. The molecule has 0 bridgehead atoms. The first kappa shape index (κ1) is 19.5. The summed E-state index contributed by atoms with van der Waals surface area (Å²) in [6, 6.07) is 0. The summed E-state index contributed by atoms with van der Waals surface area (Å²) in [5, 5.41) is 7.25. The predicted octanol–water partition coefficient (Wildman–Crippen LogP) is 3.87. The van der Waals surface area contributed by atoms with Crippen molar-refractivity contribution in [1.82, 2.24) is 19.7 Å². The van der Waals surface area contributed by atoms with Gasteiger partial charge in [0.05, 0.1) is 11.3 Å². The number of carbonyl (C=O) groups is 1. The second-order valence-electron chi connectivity index (χ2n) is 8.65. The summed E-state index contributed by atoms with van der Waals surface area (Å²) >= 11 is 0. The fourth-order valence-corrected chi connectivity index (χ4v) is 2.65. The van der Waals surface area contributed by atoms with Crippen molar-refractivity contribution in [1.29, 1.82) is 0 Å². The molecule has 0 aliphatic heterocycles. The maximum absolute atomic E-state index is 12.2. The molecule has 2 aromatic heterocycles. The zero-order valence-electron chi connectivity index (χ0n) is 17.0. The quantitative estimate of drug-likeness (QED) is 0.824. The van der Waals surface area contributed by atoms with Gasteiger partial charge >= 0.3 is 6.09 Å². The molecule has 8 heteroatoms. The lowest BCUT2D eigenvalue weighted by Crippen LogP contribution is -2.27. The lowest BCUT2D eigenvalue weighted by molar-refractivity contribution is 0.0115. The van der Waals surface area contributed by atoms with E-state index in [1.807, 2.05) is 34.6 Å². The van der Waals surface area contributed by atoms with Crippen LogP contribution in [0.3, 0.4) is 0 Å². The van der Waals surface area contributed by atoms with E-state index in [1.165, 1.54) is 0 Å². The fraction of sp³-hybridized carbons (Fsp3) is 0.684. The summed E-state index contributed by atoms with van der Waals surface area (Å²) in [5.41, 5.74) is 1.37. The zero-order valence-corrected chi connectivity index (χ0v) is 17.0. The van der Waals surface area contributed by atoms with Crippen LogP contribution in [0.2, 0.25) is 0 Å². The highest BCUT2D eigenvalue weighted by Crippen LogP contribution is 2.39. The van der Waals surface area contributed by atoms with Gasteiger partial charge in [-0.3, -0.25) is 5.32 Å². The number of carbonyl (C=O) groups excluding carboxylic acids is 1. The standard InChI is InChI=1S/C19H29N5O3/c1-18(2,3)27-17(25)22-15-14-16(21-13(11-20-14)12-7-8-12)24(23-15)10-9-19(4,5)26-6/h11-12H,7-10H2,1-6H3,(H,22,23,25). The van der Waals surface area contributed by atoms with Gasteiger partial charge in [0.15, 0.2) is 17.0 Å². The highest BCUT2D eigenvalue weighted by atomic mass is 16.6. The Morgan fingerprint density at radius 2 is 2.00 bits per heavy atom. The number of hydrogen-bond acceptors (Lipinski definition) is 6. The summed E-state index contributed by atoms with van der Waals surface area (Å²) in [5.74, 6) is 0.854. The number of aromatic nitrogens is 4. The Bertz CT molecular complexity index is 834. The SMILES string of the molecule is COC(C)(C)CCn1nc(NC(=O)OC(C)(C)C)c2ncc(C3CC3)nc21. The monoisotopic (exact) mass is 375 g/mol. The predicted molar refractivity (Wildman–Crippen MR) is 103 cm³/mol. The van der Waals surface area contributed by atoms with Gasteiger partial charge in [-0.1, -0.05) is 0 Å². The first-order valence-electron chi connectivity index (χ1n) is 9.36. The maximum atomic E-state index is 12.2. The van der Waals surface area contributed by atoms with Gasteiger partial charge < -0.3 is 9.47 Å². The molecule has 27 heavy (non-hydrogen) atoms. The molecule has 0 spiro atoms. The average molecular weight is 375 g/mol. The summed E-state index contributed by atoms with van der Waals surface area (Å²) in [4.78, 5) is 21.5. The fourth-order valence-electron chi connectivity index (χ4n) is 2.65. The maximum Gasteiger partial charge on any atom is 0.413 e. The topological polar surface area (TPSA) is 91.2 Å². The highest BCUT2D eigenvalue weighted by molar-refractivity contribution is 5.93. The molecule has 1 saturated carbocycles. The zero-order chi connectivity index (χ0) is 19.8. The minimum absolute atomic E-state index is 0.279. The molecule has 0 atom stereocenters. The van der Waals surface area contributed by atoms with Crippen LogP contribution in [-0.2, 0) is 16.0 Å². The van der Waals surface area contributed by atoms with Gasteiger partial charge in [-0.2, -0.15) is 5.10 Å². The number of methoxy groups -OCH3 is 1. The molecule has 1 N–H and O–H groups in total. The molecule has 8 nitrogen and oxygen atoms in total. The van der Waals surface area contributed by atoms with Crippen LogP contribution in [0.1, 0.15) is 65.5 Å². The van der Waals surface area contributed by atoms with Crippen LogP contribution in [-0.4, -0.2) is 44.2 Å². The van der Waals surface area contributed by atoms with E-state index in [9.17, 15) is 4.79 Å². The largest absolute Gasteiger partial charge is 0.444 e. The first-order valence-corrected chi connectivity index (χ1v) is 9.36. The van der Waals surface area contributed by atoms with Crippen LogP contribution in [0.5, 0.6) is 0 Å². The Hall–Kier alpha value is -2.22. The molecule has 0 saturated heterocycles. The van der Waals surface area contributed by atoms with E-state index in [-0.39, 0.29) is 5.60 Å². The molecule has 148 valence electrons. The molecule has 1 fully saturated rings. The molecule has 0 unspecified atom stereocenters. The molecule has 3 rings (SSSR count). The van der Waals surface area contributed by atoms with Crippen molar-refractivity contribution in [2.45, 2.75) is 77.5 Å². The number of fused-ring (bicyclic) bond motifs is 1. The van der Waals surface area contributed by atoms with Crippen LogP contribution in [0.15, 0.2) is 6.20 Å². The minimum Gasteiger partial charge on any atom is -0.444 e. The van der Waals surface area contributed by atoms with Crippen molar-refractivity contribution >= 4 is 23.1 Å². The van der Waals surface area contributed by atoms with E-state index in [1.54, 1.807) is 18.0 Å². The Morgan fingerprint density at radius 1 is 1.30 bits per heavy atom. The second kappa shape index (κ2) is 7.07. The van der Waals surface area contributed by atoms with Crippen molar-refractivity contribution in [3.05, 3.63) is 11.9 Å². The molecule has 0 aromatic carbocycles. The molecule has 0 radical (unpaired) electrons. The van der Waals surface area contributed by atoms with Gasteiger partial charge in [0.25, 0.3) is 0 Å². The van der Waals surface area contributed by atoms with Crippen molar-refractivity contribution in [3.63, 3.8) is 0 Å². The number of nitrogens with one attached hydrogen (secondary N) is 1. The molecule has 2 aromatic rings. The normalized spacial score (nSPS) is 15.2.